The Bertz CT molecular complexity index is 200. The lowest BCUT2D eigenvalue weighted by atomic mass is 10.3. The SMILES string of the molecule is ClC(Cl)(Cl)Cl.Nc1ccccc1. The van der Waals surface area contributed by atoms with Crippen molar-refractivity contribution in [1.82, 2.24) is 0 Å². The Hall–Kier alpha value is 0.180. The molecule has 0 radical (unpaired) electrons. The number of nitrogen functional groups attached to an aromatic ring is 1. The number of para-hydroxylation sites is 1. The van der Waals surface area contributed by atoms with Crippen LogP contribution in [-0.2, 0) is 0 Å². The molecule has 1 nitrogen and oxygen atoms in total. The van der Waals surface area contributed by atoms with Gasteiger partial charge >= 0.3 is 0 Å². The Labute approximate surface area is 91.4 Å². The van der Waals surface area contributed by atoms with Crippen LogP contribution in [0.2, 0.25) is 0 Å². The van der Waals surface area contributed by atoms with Crippen LogP contribution in [-0.4, -0.2) is 3.25 Å². The van der Waals surface area contributed by atoms with Gasteiger partial charge in [0.15, 0.2) is 0 Å². The van der Waals surface area contributed by atoms with Gasteiger partial charge in [-0.25, -0.2) is 0 Å². The molecule has 0 aliphatic rings. The Morgan fingerprint density at radius 2 is 1.25 bits per heavy atom. The van der Waals surface area contributed by atoms with Crippen molar-refractivity contribution in [2.75, 3.05) is 5.73 Å². The standard InChI is InChI=1S/C6H7N.CCl4/c7-6-4-2-1-3-5-6;2-1(3,4)5/h1-5H,7H2;. The van der Waals surface area contributed by atoms with Gasteiger partial charge in [0.2, 0.25) is 0 Å². The predicted molar refractivity (Wildman–Crippen MR) is 57.0 cm³/mol. The lowest BCUT2D eigenvalue weighted by Crippen LogP contribution is -1.81. The molecule has 0 aliphatic heterocycles. The van der Waals surface area contributed by atoms with E-state index in [1.54, 1.807) is 0 Å². The van der Waals surface area contributed by atoms with Crippen LogP contribution in [0.5, 0.6) is 0 Å². The van der Waals surface area contributed by atoms with Gasteiger partial charge in [0.05, 0.1) is 0 Å². The predicted octanol–water partition coefficient (Wildman–Crippen LogP) is 3.82. The highest BCUT2D eigenvalue weighted by molar-refractivity contribution is 6.83. The highest BCUT2D eigenvalue weighted by atomic mass is 35.6. The Kier molecular flexibility index (Phi) is 5.85. The molecular weight excluding hydrogens is 240 g/mol. The zero-order chi connectivity index (χ0) is 9.61. The number of rotatable bonds is 0. The van der Waals surface area contributed by atoms with E-state index < -0.39 is 3.25 Å². The first-order valence-corrected chi connectivity index (χ1v) is 4.47. The molecule has 5 heteroatoms. The summed E-state index contributed by atoms with van der Waals surface area (Å²) in [6.45, 7) is 0. The number of hydrogen-bond donors (Lipinski definition) is 1. The first-order valence-electron chi connectivity index (χ1n) is 2.96. The summed E-state index contributed by atoms with van der Waals surface area (Å²) in [5, 5.41) is 0. The van der Waals surface area contributed by atoms with Crippen molar-refractivity contribution < 1.29 is 0 Å². The van der Waals surface area contributed by atoms with Crippen LogP contribution in [0.4, 0.5) is 5.69 Å². The van der Waals surface area contributed by atoms with Gasteiger partial charge in [-0.05, 0) is 12.1 Å². The van der Waals surface area contributed by atoms with E-state index in [-0.39, 0.29) is 0 Å². The molecule has 0 aliphatic carbocycles. The van der Waals surface area contributed by atoms with Crippen LogP contribution in [0.25, 0.3) is 0 Å². The fourth-order valence-electron chi connectivity index (χ4n) is 0.453. The van der Waals surface area contributed by atoms with Gasteiger partial charge in [-0.15, -0.1) is 0 Å². The van der Waals surface area contributed by atoms with Gasteiger partial charge in [-0.2, -0.15) is 0 Å². The van der Waals surface area contributed by atoms with Gasteiger partial charge in [0, 0.05) is 5.69 Å². The number of halogens is 4. The molecule has 68 valence electrons. The molecule has 1 rings (SSSR count). The van der Waals surface area contributed by atoms with Crippen molar-refractivity contribution in [3.63, 3.8) is 0 Å². The lowest BCUT2D eigenvalue weighted by molar-refractivity contribution is 1.69. The lowest BCUT2D eigenvalue weighted by Gasteiger charge is -1.91. The van der Waals surface area contributed by atoms with Crippen LogP contribution >= 0.6 is 46.4 Å². The first-order chi connectivity index (χ1) is 5.39. The van der Waals surface area contributed by atoms with Crippen molar-refractivity contribution in [3.8, 4) is 0 Å². The van der Waals surface area contributed by atoms with Gasteiger partial charge in [-0.1, -0.05) is 64.6 Å². The molecule has 1 aromatic carbocycles. The molecule has 12 heavy (non-hydrogen) atoms. The van der Waals surface area contributed by atoms with E-state index in [2.05, 4.69) is 0 Å². The van der Waals surface area contributed by atoms with Crippen molar-refractivity contribution >= 4 is 52.1 Å². The summed E-state index contributed by atoms with van der Waals surface area (Å²) < 4.78 is -1.61. The van der Waals surface area contributed by atoms with Crippen LogP contribution in [0, 0.1) is 0 Å². The minimum Gasteiger partial charge on any atom is -0.399 e. The third-order valence-corrected chi connectivity index (χ3v) is 0.800. The normalized spacial score (nSPS) is 10.0. The first kappa shape index (κ1) is 12.2. The van der Waals surface area contributed by atoms with E-state index >= 15 is 0 Å². The third kappa shape index (κ3) is 12.8. The Morgan fingerprint density at radius 3 is 1.42 bits per heavy atom. The van der Waals surface area contributed by atoms with Gasteiger partial charge in [0.1, 0.15) is 0 Å². The Morgan fingerprint density at radius 1 is 0.917 bits per heavy atom. The second-order valence-corrected chi connectivity index (χ2v) is 5.27. The highest BCUT2D eigenvalue weighted by Gasteiger charge is 2.11. The number of anilines is 1. The molecule has 0 amide bonds. The molecule has 1 aromatic rings. The zero-order valence-electron chi connectivity index (χ0n) is 5.98. The van der Waals surface area contributed by atoms with Crippen LogP contribution < -0.4 is 5.73 Å². The molecule has 0 fully saturated rings. The van der Waals surface area contributed by atoms with E-state index in [0.29, 0.717) is 0 Å². The summed E-state index contributed by atoms with van der Waals surface area (Å²) in [6.07, 6.45) is 0. The number of benzene rings is 1. The van der Waals surface area contributed by atoms with Gasteiger partial charge < -0.3 is 5.73 Å². The average Bonchev–Trinajstić information content (AvgIpc) is 1.85. The fraction of sp³-hybridized carbons (Fsp3) is 0.143. The smallest absolute Gasteiger partial charge is 0.266 e. The topological polar surface area (TPSA) is 26.0 Å². The number of alkyl halides is 4. The summed E-state index contributed by atoms with van der Waals surface area (Å²) in [5.74, 6) is 0. The fourth-order valence-corrected chi connectivity index (χ4v) is 0.453. The minimum absolute atomic E-state index is 0.822. The summed E-state index contributed by atoms with van der Waals surface area (Å²) in [4.78, 5) is 0. The number of hydrogen-bond acceptors (Lipinski definition) is 1. The summed E-state index contributed by atoms with van der Waals surface area (Å²) in [7, 11) is 0. The second kappa shape index (κ2) is 5.76. The summed E-state index contributed by atoms with van der Waals surface area (Å²) in [6, 6.07) is 9.49. The quantitative estimate of drug-likeness (QED) is 0.547. The molecule has 0 bridgehead atoms. The van der Waals surface area contributed by atoms with Crippen molar-refractivity contribution in [2.24, 2.45) is 0 Å². The summed E-state index contributed by atoms with van der Waals surface area (Å²) in [5.41, 5.74) is 6.18. The van der Waals surface area contributed by atoms with E-state index in [0.717, 1.165) is 5.69 Å². The van der Waals surface area contributed by atoms with Gasteiger partial charge in [0.25, 0.3) is 3.25 Å². The number of nitrogens with two attached hydrogens (primary N) is 1. The molecular formula is C7H7Cl4N. The minimum atomic E-state index is -1.61. The average molecular weight is 247 g/mol. The highest BCUT2D eigenvalue weighted by Crippen LogP contribution is 2.29. The maximum Gasteiger partial charge on any atom is 0.266 e. The largest absolute Gasteiger partial charge is 0.399 e. The van der Waals surface area contributed by atoms with E-state index in [9.17, 15) is 0 Å². The zero-order valence-corrected chi connectivity index (χ0v) is 9.00. The van der Waals surface area contributed by atoms with Crippen molar-refractivity contribution in [2.45, 2.75) is 3.25 Å². The molecule has 0 heterocycles. The third-order valence-electron chi connectivity index (χ3n) is 0.800. The van der Waals surface area contributed by atoms with E-state index in [1.165, 1.54) is 0 Å². The molecule has 2 N–H and O–H groups in total. The molecule has 0 saturated heterocycles. The Balaban J connectivity index is 0.000000217. The van der Waals surface area contributed by atoms with Gasteiger partial charge in [-0.3, -0.25) is 0 Å². The van der Waals surface area contributed by atoms with Crippen molar-refractivity contribution in [3.05, 3.63) is 30.3 Å². The maximum atomic E-state index is 5.36. The van der Waals surface area contributed by atoms with E-state index in [1.807, 2.05) is 30.3 Å². The molecule has 0 atom stereocenters. The second-order valence-electron chi connectivity index (χ2n) is 1.84. The molecule has 0 saturated carbocycles. The molecule has 0 unspecified atom stereocenters. The maximum absolute atomic E-state index is 5.36. The van der Waals surface area contributed by atoms with Crippen molar-refractivity contribution in [1.29, 1.82) is 0 Å². The monoisotopic (exact) mass is 245 g/mol. The molecule has 0 aromatic heterocycles. The molecule has 0 spiro atoms. The summed E-state index contributed by atoms with van der Waals surface area (Å²) >= 11 is 19.3. The van der Waals surface area contributed by atoms with Crippen LogP contribution in [0.15, 0.2) is 30.3 Å². The van der Waals surface area contributed by atoms with Crippen LogP contribution in [0.1, 0.15) is 0 Å². The van der Waals surface area contributed by atoms with Crippen LogP contribution in [0.3, 0.4) is 0 Å². The van der Waals surface area contributed by atoms with E-state index in [4.69, 9.17) is 52.1 Å².